The maximum Gasteiger partial charge on any atom is 0.342 e. The minimum absolute atomic E-state index is 0.117. The summed E-state index contributed by atoms with van der Waals surface area (Å²) in [6.45, 7) is 3.64. The highest BCUT2D eigenvalue weighted by molar-refractivity contribution is 6.06. The molecule has 6 nitrogen and oxygen atoms in total. The predicted molar refractivity (Wildman–Crippen MR) is 80.3 cm³/mol. The van der Waals surface area contributed by atoms with Crippen LogP contribution in [0.15, 0.2) is 24.3 Å². The Hall–Kier alpha value is -2.63. The molecule has 0 spiro atoms. The summed E-state index contributed by atoms with van der Waals surface area (Å²) in [4.78, 5) is 24.3. The molecule has 0 saturated heterocycles. The average Bonchev–Trinajstić information content (AvgIpc) is 2.90. The number of hydrogen-bond acceptors (Lipinski definition) is 5. The molecule has 0 saturated carbocycles. The van der Waals surface area contributed by atoms with Crippen molar-refractivity contribution in [1.82, 2.24) is 10.2 Å². The lowest BCUT2D eigenvalue weighted by Crippen LogP contribution is -2.13. The van der Waals surface area contributed by atoms with Crippen LogP contribution >= 0.6 is 0 Å². The molecule has 1 heterocycles. The predicted octanol–water partition coefficient (Wildman–Crippen LogP) is 2.33. The molecule has 1 aromatic carbocycles. The molecule has 1 N–H and O–H groups in total. The number of ether oxygens (including phenoxy) is 2. The number of Topliss-reactive ketones (excluding diaryl/α,β-unsaturated/α-hetero) is 1. The number of carbonyl (C=O) groups excluding carboxylic acids is 2. The molecule has 0 atom stereocenters. The lowest BCUT2D eigenvalue weighted by molar-refractivity contribution is 0.0522. The maximum absolute atomic E-state index is 12.4. The van der Waals surface area contributed by atoms with E-state index >= 15 is 0 Å². The third-order valence-corrected chi connectivity index (χ3v) is 3.21. The van der Waals surface area contributed by atoms with Crippen LogP contribution in [0.25, 0.3) is 0 Å². The van der Waals surface area contributed by atoms with Crippen LogP contribution in [0.5, 0.6) is 5.75 Å². The Morgan fingerprint density at radius 3 is 2.50 bits per heavy atom. The Kier molecular flexibility index (Phi) is 4.93. The summed E-state index contributed by atoms with van der Waals surface area (Å²) in [6.07, 6.45) is 0.153. The average molecular weight is 302 g/mol. The first kappa shape index (κ1) is 15.8. The molecular weight excluding hydrogens is 284 g/mol. The van der Waals surface area contributed by atoms with Gasteiger partial charge in [0.1, 0.15) is 17.0 Å². The van der Waals surface area contributed by atoms with Gasteiger partial charge in [0.25, 0.3) is 0 Å². The van der Waals surface area contributed by atoms with Gasteiger partial charge in [-0.2, -0.15) is 5.10 Å². The number of H-pyrrole nitrogens is 1. The molecule has 0 unspecified atom stereocenters. The Bertz CT molecular complexity index is 674. The van der Waals surface area contributed by atoms with Crippen LogP contribution in [-0.2, 0) is 11.2 Å². The fraction of sp³-hybridized carbons (Fsp3) is 0.312. The van der Waals surface area contributed by atoms with Gasteiger partial charge in [-0.15, -0.1) is 0 Å². The molecule has 2 rings (SSSR count). The van der Waals surface area contributed by atoms with Crippen molar-refractivity contribution < 1.29 is 19.1 Å². The van der Waals surface area contributed by atoms with Crippen molar-refractivity contribution in [2.24, 2.45) is 0 Å². The Balaban J connectivity index is 2.20. The van der Waals surface area contributed by atoms with Crippen LogP contribution < -0.4 is 4.74 Å². The van der Waals surface area contributed by atoms with Gasteiger partial charge in [0.05, 0.1) is 13.7 Å². The van der Waals surface area contributed by atoms with Crippen molar-refractivity contribution in [3.63, 3.8) is 0 Å². The standard InChI is InChI=1S/C16H18N2O4/c1-4-22-16(20)14-10(2)17-18-15(14)13(19)9-11-5-7-12(21-3)8-6-11/h5-8H,4,9H2,1-3H3,(H,17,18). The lowest BCUT2D eigenvalue weighted by Gasteiger charge is -2.04. The van der Waals surface area contributed by atoms with Crippen LogP contribution in [0, 0.1) is 6.92 Å². The number of carbonyl (C=O) groups is 2. The van der Waals surface area contributed by atoms with E-state index in [-0.39, 0.29) is 30.1 Å². The van der Waals surface area contributed by atoms with Gasteiger partial charge in [0.2, 0.25) is 0 Å². The van der Waals surface area contributed by atoms with Gasteiger partial charge in [-0.3, -0.25) is 9.89 Å². The third kappa shape index (κ3) is 3.33. The van der Waals surface area contributed by atoms with E-state index in [0.717, 1.165) is 11.3 Å². The molecule has 1 aromatic heterocycles. The summed E-state index contributed by atoms with van der Waals surface area (Å²) in [5, 5.41) is 6.62. The van der Waals surface area contributed by atoms with Crippen molar-refractivity contribution in [3.8, 4) is 5.75 Å². The number of esters is 1. The van der Waals surface area contributed by atoms with Crippen molar-refractivity contribution in [2.45, 2.75) is 20.3 Å². The van der Waals surface area contributed by atoms with Crippen molar-refractivity contribution in [2.75, 3.05) is 13.7 Å². The van der Waals surface area contributed by atoms with Crippen LogP contribution in [0.1, 0.15) is 39.0 Å². The zero-order valence-electron chi connectivity index (χ0n) is 12.8. The molecule has 0 amide bonds. The molecule has 22 heavy (non-hydrogen) atoms. The molecule has 6 heteroatoms. The largest absolute Gasteiger partial charge is 0.497 e. The van der Waals surface area contributed by atoms with E-state index < -0.39 is 5.97 Å². The number of nitrogens with zero attached hydrogens (tertiary/aromatic N) is 1. The second-order valence-electron chi connectivity index (χ2n) is 4.74. The lowest BCUT2D eigenvalue weighted by atomic mass is 10.0. The van der Waals surface area contributed by atoms with Gasteiger partial charge in [-0.1, -0.05) is 12.1 Å². The summed E-state index contributed by atoms with van der Waals surface area (Å²) in [5.74, 6) is -0.0524. The van der Waals surface area contributed by atoms with Crippen molar-refractivity contribution in [3.05, 3.63) is 46.8 Å². The van der Waals surface area contributed by atoms with Gasteiger partial charge in [0, 0.05) is 12.1 Å². The summed E-state index contributed by atoms with van der Waals surface area (Å²) in [5.41, 5.74) is 1.67. The second kappa shape index (κ2) is 6.89. The summed E-state index contributed by atoms with van der Waals surface area (Å²) >= 11 is 0. The molecule has 0 fully saturated rings. The van der Waals surface area contributed by atoms with E-state index in [4.69, 9.17) is 9.47 Å². The molecule has 2 aromatic rings. The number of aromatic amines is 1. The van der Waals surface area contributed by atoms with Crippen molar-refractivity contribution in [1.29, 1.82) is 0 Å². The number of methoxy groups -OCH3 is 1. The Morgan fingerprint density at radius 2 is 1.91 bits per heavy atom. The smallest absolute Gasteiger partial charge is 0.342 e. The Morgan fingerprint density at radius 1 is 1.23 bits per heavy atom. The van der Waals surface area contributed by atoms with E-state index in [2.05, 4.69) is 10.2 Å². The molecular formula is C16H18N2O4. The fourth-order valence-corrected chi connectivity index (χ4v) is 2.10. The van der Waals surface area contributed by atoms with E-state index in [9.17, 15) is 9.59 Å². The molecule has 0 aliphatic heterocycles. The highest BCUT2D eigenvalue weighted by Gasteiger charge is 2.24. The number of benzene rings is 1. The van der Waals surface area contributed by atoms with Gasteiger partial charge in [-0.05, 0) is 31.5 Å². The highest BCUT2D eigenvalue weighted by atomic mass is 16.5. The number of rotatable bonds is 6. The molecule has 116 valence electrons. The minimum atomic E-state index is -0.535. The first-order valence-corrected chi connectivity index (χ1v) is 6.95. The first-order chi connectivity index (χ1) is 10.6. The van der Waals surface area contributed by atoms with Crippen LogP contribution in [-0.4, -0.2) is 35.7 Å². The van der Waals surface area contributed by atoms with Crippen LogP contribution in [0.4, 0.5) is 0 Å². The zero-order valence-corrected chi connectivity index (χ0v) is 12.8. The van der Waals surface area contributed by atoms with Crippen LogP contribution in [0.3, 0.4) is 0 Å². The van der Waals surface area contributed by atoms with E-state index in [1.54, 1.807) is 45.2 Å². The molecule has 0 bridgehead atoms. The van der Waals surface area contributed by atoms with Crippen LogP contribution in [0.2, 0.25) is 0 Å². The molecule has 0 radical (unpaired) electrons. The fourth-order valence-electron chi connectivity index (χ4n) is 2.10. The summed E-state index contributed by atoms with van der Waals surface area (Å²) in [7, 11) is 1.58. The van der Waals surface area contributed by atoms with Gasteiger partial charge >= 0.3 is 5.97 Å². The van der Waals surface area contributed by atoms with Gasteiger partial charge in [-0.25, -0.2) is 4.79 Å². The molecule has 0 aliphatic carbocycles. The van der Waals surface area contributed by atoms with Gasteiger partial charge < -0.3 is 9.47 Å². The van der Waals surface area contributed by atoms with E-state index in [1.165, 1.54) is 0 Å². The SMILES string of the molecule is CCOC(=O)c1c(C(=O)Cc2ccc(OC)cc2)n[nH]c1C. The summed E-state index contributed by atoms with van der Waals surface area (Å²) < 4.78 is 10.0. The zero-order chi connectivity index (χ0) is 16.1. The number of hydrogen-bond donors (Lipinski definition) is 1. The maximum atomic E-state index is 12.4. The monoisotopic (exact) mass is 302 g/mol. The number of aryl methyl sites for hydroxylation is 1. The second-order valence-corrected chi connectivity index (χ2v) is 4.74. The Labute approximate surface area is 128 Å². The first-order valence-electron chi connectivity index (χ1n) is 6.95. The van der Waals surface area contributed by atoms with E-state index in [1.807, 2.05) is 0 Å². The number of nitrogens with one attached hydrogen (secondary N) is 1. The number of ketones is 1. The normalized spacial score (nSPS) is 10.3. The minimum Gasteiger partial charge on any atom is -0.497 e. The third-order valence-electron chi connectivity index (χ3n) is 3.21. The van der Waals surface area contributed by atoms with Gasteiger partial charge in [0.15, 0.2) is 5.78 Å². The molecule has 0 aliphatic rings. The highest BCUT2D eigenvalue weighted by Crippen LogP contribution is 2.17. The topological polar surface area (TPSA) is 81.3 Å². The van der Waals surface area contributed by atoms with Crippen molar-refractivity contribution >= 4 is 11.8 Å². The summed E-state index contributed by atoms with van der Waals surface area (Å²) in [6, 6.07) is 7.18. The van der Waals surface area contributed by atoms with E-state index in [0.29, 0.717) is 5.69 Å². The number of aromatic nitrogens is 2. The quantitative estimate of drug-likeness (QED) is 0.654.